The highest BCUT2D eigenvalue weighted by molar-refractivity contribution is 7.85. The number of aliphatic hydroxyl groups excluding tert-OH is 2. The van der Waals surface area contributed by atoms with Crippen LogP contribution in [-0.2, 0) is 14.9 Å². The third-order valence-corrected chi connectivity index (χ3v) is 3.00. The lowest BCUT2D eigenvalue weighted by atomic mass is 10.1. The van der Waals surface area contributed by atoms with Gasteiger partial charge in [-0.3, -0.25) is 4.55 Å². The number of hydrogen-bond acceptors (Lipinski definition) is 7. The number of ether oxygens (including phenoxy) is 1. The predicted molar refractivity (Wildman–Crippen MR) is 75.2 cm³/mol. The van der Waals surface area contributed by atoms with Crippen molar-refractivity contribution < 1.29 is 47.7 Å². The largest absolute Gasteiger partial charge is 0.478 e. The Hall–Kier alpha value is -2.05. The average Bonchev–Trinajstić information content (AvgIpc) is 2.47. The van der Waals surface area contributed by atoms with Crippen LogP contribution in [0.5, 0.6) is 0 Å². The molecule has 0 aliphatic carbocycles. The first-order valence-electron chi connectivity index (χ1n) is 6.02. The van der Waals surface area contributed by atoms with Gasteiger partial charge in [0.25, 0.3) is 10.1 Å². The molecule has 0 saturated carbocycles. The van der Waals surface area contributed by atoms with Crippen LogP contribution in [0.4, 0.5) is 0 Å². The molecule has 0 aliphatic heterocycles. The van der Waals surface area contributed by atoms with Gasteiger partial charge < -0.3 is 25.2 Å². The summed E-state index contributed by atoms with van der Waals surface area (Å²) in [5.74, 6) is -2.99. The monoisotopic (exact) mass is 352 g/mol. The van der Waals surface area contributed by atoms with Crippen LogP contribution in [0.2, 0.25) is 0 Å². The quantitative estimate of drug-likeness (QED) is 0.311. The van der Waals surface area contributed by atoms with Crippen molar-refractivity contribution in [3.8, 4) is 0 Å². The Balaban J connectivity index is 0.000000585. The zero-order valence-corrected chi connectivity index (χ0v) is 12.6. The minimum Gasteiger partial charge on any atom is -0.478 e. The molecule has 0 amide bonds. The van der Waals surface area contributed by atoms with E-state index in [1.807, 2.05) is 0 Å². The number of carboxylic acids is 2. The summed E-state index contributed by atoms with van der Waals surface area (Å²) in [5.41, 5.74) is -1.07. The summed E-state index contributed by atoms with van der Waals surface area (Å²) in [6.07, 6.45) is 0. The number of benzene rings is 1. The summed E-state index contributed by atoms with van der Waals surface area (Å²) in [6.45, 7) is 0.696. The van der Waals surface area contributed by atoms with Gasteiger partial charge in [-0.1, -0.05) is 0 Å². The Labute approximate surface area is 131 Å². The summed E-state index contributed by atoms with van der Waals surface area (Å²) in [5, 5.41) is 33.4. The highest BCUT2D eigenvalue weighted by atomic mass is 32.2. The van der Waals surface area contributed by atoms with E-state index in [0.717, 1.165) is 6.07 Å². The fourth-order valence-electron chi connectivity index (χ4n) is 1.23. The van der Waals surface area contributed by atoms with Gasteiger partial charge in [0.1, 0.15) is 0 Å². The highest BCUT2D eigenvalue weighted by Crippen LogP contribution is 2.15. The molecule has 0 bridgehead atoms. The van der Waals surface area contributed by atoms with E-state index in [1.165, 1.54) is 0 Å². The molecular formula is C12H16O10S. The Morgan fingerprint density at radius 1 is 0.913 bits per heavy atom. The maximum atomic E-state index is 10.8. The van der Waals surface area contributed by atoms with Crippen LogP contribution in [0.15, 0.2) is 23.1 Å². The Bertz CT molecular complexity index is 601. The van der Waals surface area contributed by atoms with Crippen molar-refractivity contribution in [2.24, 2.45) is 0 Å². The molecule has 130 valence electrons. The average molecular weight is 352 g/mol. The van der Waals surface area contributed by atoms with Crippen LogP contribution in [0.1, 0.15) is 20.7 Å². The lowest BCUT2D eigenvalue weighted by Gasteiger charge is -2.02. The molecule has 0 spiro atoms. The van der Waals surface area contributed by atoms with E-state index < -0.39 is 38.1 Å². The van der Waals surface area contributed by atoms with Gasteiger partial charge >= 0.3 is 11.9 Å². The fourth-order valence-corrected chi connectivity index (χ4v) is 1.78. The molecule has 0 radical (unpaired) electrons. The second-order valence-electron chi connectivity index (χ2n) is 3.89. The molecule has 0 fully saturated rings. The van der Waals surface area contributed by atoms with E-state index in [1.54, 1.807) is 0 Å². The normalized spacial score (nSPS) is 10.6. The summed E-state index contributed by atoms with van der Waals surface area (Å²) < 4.78 is 34.8. The smallest absolute Gasteiger partial charge is 0.335 e. The zero-order valence-electron chi connectivity index (χ0n) is 11.7. The number of aliphatic hydroxyl groups is 2. The summed E-state index contributed by atoms with van der Waals surface area (Å²) in [6, 6.07) is 2.13. The number of carbonyl (C=O) groups is 2. The van der Waals surface area contributed by atoms with Crippen molar-refractivity contribution >= 4 is 22.1 Å². The predicted octanol–water partition coefficient (Wildman–Crippen LogP) is -0.683. The van der Waals surface area contributed by atoms with Crippen molar-refractivity contribution in [3.05, 3.63) is 29.3 Å². The van der Waals surface area contributed by atoms with Crippen LogP contribution in [0, 0.1) is 0 Å². The van der Waals surface area contributed by atoms with Crippen molar-refractivity contribution in [2.45, 2.75) is 4.90 Å². The molecule has 0 saturated heterocycles. The molecule has 1 aromatic rings. The second-order valence-corrected chi connectivity index (χ2v) is 5.31. The topological polar surface area (TPSA) is 179 Å². The fraction of sp³-hybridized carbons (Fsp3) is 0.333. The van der Waals surface area contributed by atoms with E-state index in [4.69, 9.17) is 25.0 Å². The van der Waals surface area contributed by atoms with Crippen molar-refractivity contribution in [2.75, 3.05) is 26.4 Å². The highest BCUT2D eigenvalue weighted by Gasteiger charge is 2.17. The van der Waals surface area contributed by atoms with Crippen LogP contribution in [-0.4, -0.2) is 71.8 Å². The van der Waals surface area contributed by atoms with Gasteiger partial charge in [-0.05, 0) is 18.2 Å². The molecule has 11 heteroatoms. The number of rotatable bonds is 7. The third kappa shape index (κ3) is 8.23. The van der Waals surface area contributed by atoms with Gasteiger partial charge in [-0.2, -0.15) is 8.42 Å². The van der Waals surface area contributed by atoms with Crippen molar-refractivity contribution in [3.63, 3.8) is 0 Å². The van der Waals surface area contributed by atoms with Crippen LogP contribution in [0.25, 0.3) is 0 Å². The third-order valence-electron chi connectivity index (χ3n) is 2.17. The summed E-state index contributed by atoms with van der Waals surface area (Å²) >= 11 is 0. The molecule has 5 N–H and O–H groups in total. The maximum Gasteiger partial charge on any atom is 0.335 e. The minimum absolute atomic E-state index is 0.0278. The van der Waals surface area contributed by atoms with Gasteiger partial charge in [0, 0.05) is 0 Å². The van der Waals surface area contributed by atoms with E-state index in [0.29, 0.717) is 25.3 Å². The van der Waals surface area contributed by atoms with Gasteiger partial charge in [-0.15, -0.1) is 0 Å². The molecule has 1 rings (SSSR count). The van der Waals surface area contributed by atoms with Crippen molar-refractivity contribution in [1.29, 1.82) is 0 Å². The number of carboxylic acid groups (broad SMARTS) is 2. The Morgan fingerprint density at radius 2 is 1.30 bits per heavy atom. The van der Waals surface area contributed by atoms with E-state index in [2.05, 4.69) is 4.74 Å². The lowest BCUT2D eigenvalue weighted by Crippen LogP contribution is -2.07. The Morgan fingerprint density at radius 3 is 1.57 bits per heavy atom. The first-order valence-corrected chi connectivity index (χ1v) is 7.46. The van der Waals surface area contributed by atoms with Gasteiger partial charge in [0.15, 0.2) is 0 Å². The standard InChI is InChI=1S/C8H6O7S.C4H10O3/c9-7(10)4-1-5(8(11)12)3-6(2-4)16(13,14)15;5-1-3-7-4-2-6/h1-3H,(H,9,10)(H,11,12)(H,13,14,15);5-6H,1-4H2. The molecule has 0 atom stereocenters. The Kier molecular flexibility index (Phi) is 8.98. The molecule has 1 aromatic carbocycles. The minimum atomic E-state index is -4.64. The molecule has 0 unspecified atom stereocenters. The summed E-state index contributed by atoms with van der Waals surface area (Å²) in [4.78, 5) is 20.4. The molecule has 0 aromatic heterocycles. The van der Waals surface area contributed by atoms with Crippen LogP contribution >= 0.6 is 0 Å². The number of hydrogen-bond donors (Lipinski definition) is 5. The summed E-state index contributed by atoms with van der Waals surface area (Å²) in [7, 11) is -4.64. The van der Waals surface area contributed by atoms with Crippen LogP contribution in [0.3, 0.4) is 0 Å². The van der Waals surface area contributed by atoms with Gasteiger partial charge in [-0.25, -0.2) is 9.59 Å². The number of aromatic carboxylic acids is 2. The first-order chi connectivity index (χ1) is 10.6. The van der Waals surface area contributed by atoms with Gasteiger partial charge in [0.05, 0.1) is 42.4 Å². The SMILES string of the molecule is O=C(O)c1cc(C(=O)O)cc(S(=O)(=O)O)c1.OCCOCCO. The molecular weight excluding hydrogens is 336 g/mol. The van der Waals surface area contributed by atoms with E-state index in [-0.39, 0.29) is 13.2 Å². The first kappa shape index (κ1) is 20.9. The van der Waals surface area contributed by atoms with Gasteiger partial charge in [0.2, 0.25) is 0 Å². The van der Waals surface area contributed by atoms with Crippen molar-refractivity contribution in [1.82, 2.24) is 0 Å². The van der Waals surface area contributed by atoms with E-state index >= 15 is 0 Å². The molecule has 23 heavy (non-hydrogen) atoms. The lowest BCUT2D eigenvalue weighted by molar-refractivity contribution is 0.0650. The van der Waals surface area contributed by atoms with Crippen LogP contribution < -0.4 is 0 Å². The molecule has 0 heterocycles. The molecule has 10 nitrogen and oxygen atoms in total. The molecule has 0 aliphatic rings. The zero-order chi connectivity index (χ0) is 18.0. The maximum absolute atomic E-state index is 10.8. The van der Waals surface area contributed by atoms with E-state index in [9.17, 15) is 18.0 Å². The second kappa shape index (κ2) is 9.86.